The van der Waals surface area contributed by atoms with Crippen LogP contribution in [0.5, 0.6) is 0 Å². The Labute approximate surface area is 179 Å². The molecule has 31 heavy (non-hydrogen) atoms. The number of terminal acetylenes is 1. The van der Waals surface area contributed by atoms with Crippen LogP contribution in [0.4, 0.5) is 10.1 Å². The summed E-state index contributed by atoms with van der Waals surface area (Å²) in [4.78, 5) is 20.2. The summed E-state index contributed by atoms with van der Waals surface area (Å²) in [5, 5.41) is 21.3. The summed E-state index contributed by atoms with van der Waals surface area (Å²) in [6.45, 7) is 1.16. The van der Waals surface area contributed by atoms with Crippen molar-refractivity contribution in [3.63, 3.8) is 0 Å². The quantitative estimate of drug-likeness (QED) is 0.309. The van der Waals surface area contributed by atoms with Gasteiger partial charge in [-0.05, 0) is 12.5 Å². The number of aromatic nitrogens is 3. The van der Waals surface area contributed by atoms with E-state index >= 15 is 4.39 Å². The Morgan fingerprint density at radius 1 is 1.42 bits per heavy atom. The molecular weight excluding hydrogens is 407 g/mol. The number of halogens is 1. The molecule has 1 aliphatic rings. The van der Waals surface area contributed by atoms with E-state index in [0.29, 0.717) is 17.6 Å². The fourth-order valence-electron chi connectivity index (χ4n) is 3.58. The summed E-state index contributed by atoms with van der Waals surface area (Å²) in [5.41, 5.74) is 4.17. The van der Waals surface area contributed by atoms with Crippen molar-refractivity contribution < 1.29 is 28.9 Å². The molecule has 1 saturated heterocycles. The number of carbonyl (C=O) groups excluding carboxylic acids is 1. The number of ether oxygens (including phenoxy) is 2. The number of pyridine rings is 1. The minimum Gasteiger partial charge on any atom is -0.459 e. The highest BCUT2D eigenvalue weighted by atomic mass is 19.2. The van der Waals surface area contributed by atoms with Gasteiger partial charge in [0.2, 0.25) is 5.60 Å². The normalized spacial score (nSPS) is 28.0. The van der Waals surface area contributed by atoms with Gasteiger partial charge >= 0.3 is 5.97 Å². The van der Waals surface area contributed by atoms with Gasteiger partial charge in [0.15, 0.2) is 24.6 Å². The number of unbranched alkanes of at least 4 members (excludes halogenated alkanes) is 4. The number of aliphatic hydroxyl groups excluding tert-OH is 1. The number of anilines is 1. The number of nitrogen functional groups attached to an aromatic ring is 1. The van der Waals surface area contributed by atoms with Crippen LogP contribution in [-0.4, -0.2) is 54.9 Å². The molecule has 0 saturated carbocycles. The zero-order valence-corrected chi connectivity index (χ0v) is 17.3. The van der Waals surface area contributed by atoms with Gasteiger partial charge in [0.05, 0.1) is 12.0 Å². The van der Waals surface area contributed by atoms with Crippen LogP contribution in [0.25, 0.3) is 11.2 Å². The summed E-state index contributed by atoms with van der Waals surface area (Å²) in [6, 6.07) is 1.53. The van der Waals surface area contributed by atoms with Crippen molar-refractivity contribution >= 4 is 22.8 Å². The van der Waals surface area contributed by atoms with E-state index in [4.69, 9.17) is 21.6 Å². The van der Waals surface area contributed by atoms with Gasteiger partial charge in [-0.15, -0.1) is 6.42 Å². The summed E-state index contributed by atoms with van der Waals surface area (Å²) in [6.07, 6.45) is 9.05. The van der Waals surface area contributed by atoms with Crippen LogP contribution >= 0.6 is 0 Å². The molecular formula is C21H27FN4O5. The van der Waals surface area contributed by atoms with Gasteiger partial charge in [0.25, 0.3) is 5.85 Å². The first-order valence-corrected chi connectivity index (χ1v) is 10.2. The Bertz CT molecular complexity index is 976. The van der Waals surface area contributed by atoms with Crippen molar-refractivity contribution in [3.05, 3.63) is 18.6 Å². The van der Waals surface area contributed by atoms with Crippen molar-refractivity contribution in [3.8, 4) is 12.3 Å². The maximum absolute atomic E-state index is 15.5. The van der Waals surface area contributed by atoms with Crippen LogP contribution in [0, 0.1) is 12.3 Å². The molecule has 0 aromatic carbocycles. The second kappa shape index (κ2) is 9.18. The lowest BCUT2D eigenvalue weighted by atomic mass is 9.94. The van der Waals surface area contributed by atoms with Gasteiger partial charge in [-0.3, -0.25) is 9.36 Å². The van der Waals surface area contributed by atoms with E-state index in [-0.39, 0.29) is 12.1 Å². The van der Waals surface area contributed by atoms with Gasteiger partial charge in [-0.2, -0.15) is 0 Å². The van der Waals surface area contributed by atoms with E-state index in [1.165, 1.54) is 23.2 Å². The second-order valence-electron chi connectivity index (χ2n) is 7.68. The fourth-order valence-corrected chi connectivity index (χ4v) is 3.58. The Balaban J connectivity index is 1.73. The molecule has 0 amide bonds. The number of hydrogen-bond acceptors (Lipinski definition) is 8. The number of nitrogens with zero attached hydrogens (tertiary/aromatic N) is 3. The number of alkyl halides is 1. The van der Waals surface area contributed by atoms with Crippen LogP contribution in [0.1, 0.15) is 51.7 Å². The molecule has 3 heterocycles. The number of aliphatic hydroxyl groups is 2. The van der Waals surface area contributed by atoms with Crippen molar-refractivity contribution in [2.24, 2.45) is 0 Å². The first kappa shape index (κ1) is 22.9. The number of hydrogen-bond donors (Lipinski definition) is 3. The molecule has 0 bridgehead atoms. The molecule has 10 heteroatoms. The van der Waals surface area contributed by atoms with Crippen molar-refractivity contribution in [2.45, 2.75) is 69.2 Å². The summed E-state index contributed by atoms with van der Waals surface area (Å²) >= 11 is 0. The molecule has 0 radical (unpaired) electrons. The Morgan fingerprint density at radius 2 is 2.16 bits per heavy atom. The SMILES string of the molecule is C#C[C@]1(O)[C@H](n2cnc3c(N)ccnc32)O[C@](F)(COC(=O)CCCCCCC)[C@H]1O. The number of rotatable bonds is 9. The highest BCUT2D eigenvalue weighted by Gasteiger charge is 2.65. The average molecular weight is 434 g/mol. The lowest BCUT2D eigenvalue weighted by Gasteiger charge is -2.26. The van der Waals surface area contributed by atoms with Gasteiger partial charge in [-0.25, -0.2) is 14.4 Å². The molecule has 1 fully saturated rings. The molecule has 4 N–H and O–H groups in total. The number of carbonyl (C=O) groups is 1. The van der Waals surface area contributed by atoms with Crippen LogP contribution < -0.4 is 5.73 Å². The average Bonchev–Trinajstić information content (AvgIpc) is 3.27. The molecule has 2 aromatic rings. The topological polar surface area (TPSA) is 133 Å². The Hall–Kier alpha value is -2.74. The van der Waals surface area contributed by atoms with Crippen LogP contribution in [-0.2, 0) is 14.3 Å². The molecule has 9 nitrogen and oxygen atoms in total. The Kier molecular flexibility index (Phi) is 6.79. The van der Waals surface area contributed by atoms with E-state index in [0.717, 1.165) is 25.7 Å². The van der Waals surface area contributed by atoms with E-state index in [9.17, 15) is 15.0 Å². The molecule has 1 aliphatic heterocycles. The standard InChI is InChI=1S/C21H27FN4O5/c1-3-5-6-7-8-9-15(27)30-12-21(22)18(28)20(29,4-2)19(31-21)26-13-25-16-14(23)10-11-24-17(16)26/h2,10-11,13,18-19,28-29H,3,5-9,12H2,1H3,(H2,23,24)/t18-,19+,20+,21+/m0/s1. The minimum atomic E-state index is -2.93. The van der Waals surface area contributed by atoms with Crippen molar-refractivity contribution in [2.75, 3.05) is 12.3 Å². The predicted molar refractivity (Wildman–Crippen MR) is 110 cm³/mol. The summed E-state index contributed by atoms with van der Waals surface area (Å²) in [5.74, 6) is -1.56. The van der Waals surface area contributed by atoms with Crippen LogP contribution in [0.2, 0.25) is 0 Å². The molecule has 4 atom stereocenters. The first-order valence-electron chi connectivity index (χ1n) is 10.2. The van der Waals surface area contributed by atoms with Gasteiger partial charge in [-0.1, -0.05) is 38.5 Å². The number of nitrogens with two attached hydrogens (primary N) is 1. The maximum atomic E-state index is 15.5. The Morgan fingerprint density at radius 3 is 2.87 bits per heavy atom. The molecule has 0 aliphatic carbocycles. The van der Waals surface area contributed by atoms with E-state index in [1.54, 1.807) is 0 Å². The van der Waals surface area contributed by atoms with E-state index in [1.807, 2.05) is 5.92 Å². The largest absolute Gasteiger partial charge is 0.459 e. The highest BCUT2D eigenvalue weighted by molar-refractivity contribution is 5.83. The van der Waals surface area contributed by atoms with E-state index < -0.39 is 36.4 Å². The lowest BCUT2D eigenvalue weighted by molar-refractivity contribution is -0.216. The zero-order valence-electron chi connectivity index (χ0n) is 17.3. The lowest BCUT2D eigenvalue weighted by Crippen LogP contribution is -2.50. The third kappa shape index (κ3) is 4.35. The van der Waals surface area contributed by atoms with Gasteiger partial charge < -0.3 is 25.4 Å². The number of esters is 1. The number of fused-ring (bicyclic) bond motifs is 1. The maximum Gasteiger partial charge on any atom is 0.305 e. The minimum absolute atomic E-state index is 0.119. The first-order chi connectivity index (χ1) is 14.8. The third-order valence-electron chi connectivity index (χ3n) is 5.40. The monoisotopic (exact) mass is 434 g/mol. The van der Waals surface area contributed by atoms with Crippen molar-refractivity contribution in [1.82, 2.24) is 14.5 Å². The third-order valence-corrected chi connectivity index (χ3v) is 5.40. The fraction of sp³-hybridized carbons (Fsp3) is 0.571. The molecule has 3 rings (SSSR count). The highest BCUT2D eigenvalue weighted by Crippen LogP contribution is 2.46. The zero-order chi connectivity index (χ0) is 22.6. The molecule has 0 unspecified atom stereocenters. The number of imidazole rings is 1. The summed E-state index contributed by atoms with van der Waals surface area (Å²) in [7, 11) is 0. The molecule has 168 valence electrons. The van der Waals surface area contributed by atoms with E-state index in [2.05, 4.69) is 16.9 Å². The van der Waals surface area contributed by atoms with Gasteiger partial charge in [0, 0.05) is 12.6 Å². The predicted octanol–water partition coefficient (Wildman–Crippen LogP) is 1.84. The van der Waals surface area contributed by atoms with Gasteiger partial charge in [0.1, 0.15) is 5.52 Å². The molecule has 0 spiro atoms. The second-order valence-corrected chi connectivity index (χ2v) is 7.68. The smallest absolute Gasteiger partial charge is 0.305 e. The summed E-state index contributed by atoms with van der Waals surface area (Å²) < 4.78 is 27.0. The van der Waals surface area contributed by atoms with Crippen molar-refractivity contribution in [1.29, 1.82) is 0 Å². The molecule has 2 aromatic heterocycles. The van der Waals surface area contributed by atoms with Crippen LogP contribution in [0.3, 0.4) is 0 Å². The van der Waals surface area contributed by atoms with Crippen LogP contribution in [0.15, 0.2) is 18.6 Å².